The lowest BCUT2D eigenvalue weighted by Gasteiger charge is -1.93. The molecule has 0 aliphatic heterocycles. The van der Waals surface area contributed by atoms with E-state index in [1.54, 1.807) is 6.20 Å². The minimum atomic E-state index is 0. The highest BCUT2D eigenvalue weighted by atomic mass is 79.9. The molecular weight excluding hydrogens is 251 g/mol. The van der Waals surface area contributed by atoms with Gasteiger partial charge in [0.25, 0.3) is 0 Å². The number of nitrogens with zero attached hydrogens (tertiary/aromatic N) is 1. The maximum Gasteiger partial charge on any atom is 0.106 e. The minimum Gasteiger partial charge on any atom is -0.326 e. The first-order valence-electron chi connectivity index (χ1n) is 2.63. The number of hydrogen-bond donors (Lipinski definition) is 1. The molecule has 1 aromatic rings. The minimum absolute atomic E-state index is 0. The van der Waals surface area contributed by atoms with Gasteiger partial charge in [0.05, 0.1) is 0 Å². The van der Waals surface area contributed by atoms with Crippen LogP contribution in [0.25, 0.3) is 0 Å². The van der Waals surface area contributed by atoms with E-state index in [9.17, 15) is 0 Å². The van der Waals surface area contributed by atoms with Crippen LogP contribution in [0.15, 0.2) is 22.9 Å². The van der Waals surface area contributed by atoms with Crippen LogP contribution in [-0.4, -0.2) is 4.98 Å². The summed E-state index contributed by atoms with van der Waals surface area (Å²) in [5.41, 5.74) is 6.46. The van der Waals surface area contributed by atoms with Gasteiger partial charge < -0.3 is 5.73 Å². The molecule has 1 heterocycles. The molecule has 0 atom stereocenters. The number of hydrogen-bond acceptors (Lipinski definition) is 2. The molecule has 0 unspecified atom stereocenters. The first kappa shape index (κ1) is 13.7. The number of nitrogens with two attached hydrogens (primary N) is 1. The molecule has 0 fully saturated rings. The Morgan fingerprint density at radius 1 is 1.45 bits per heavy atom. The summed E-state index contributed by atoms with van der Waals surface area (Å²) in [6, 6.07) is 3.80. The summed E-state index contributed by atoms with van der Waals surface area (Å²) in [7, 11) is 0. The van der Waals surface area contributed by atoms with Crippen LogP contribution < -0.4 is 5.73 Å². The predicted octanol–water partition coefficient (Wildman–Crippen LogP) is 2.15. The van der Waals surface area contributed by atoms with E-state index in [2.05, 4.69) is 20.9 Å². The maximum atomic E-state index is 5.37. The number of aromatic nitrogens is 1. The Labute approximate surface area is 86.5 Å². The molecule has 0 amide bonds. The van der Waals surface area contributed by atoms with Gasteiger partial charge >= 0.3 is 0 Å². The first-order valence-corrected chi connectivity index (χ1v) is 3.42. The third kappa shape index (κ3) is 4.58. The fourth-order valence-electron chi connectivity index (χ4n) is 0.570. The van der Waals surface area contributed by atoms with Crippen LogP contribution in [0, 0.1) is 0 Å². The van der Waals surface area contributed by atoms with Gasteiger partial charge in [-0.25, -0.2) is 4.98 Å². The van der Waals surface area contributed by atoms with Crippen LogP contribution in [0.1, 0.15) is 5.56 Å². The monoisotopic (exact) mass is 258 g/mol. The van der Waals surface area contributed by atoms with Crippen LogP contribution >= 0.6 is 40.7 Å². The van der Waals surface area contributed by atoms with E-state index in [1.165, 1.54) is 0 Å². The predicted molar refractivity (Wildman–Crippen MR) is 54.3 cm³/mol. The van der Waals surface area contributed by atoms with Gasteiger partial charge in [-0.3, -0.25) is 0 Å². The van der Waals surface area contributed by atoms with Crippen LogP contribution in [0.5, 0.6) is 0 Å². The van der Waals surface area contributed by atoms with Crippen molar-refractivity contribution in [3.63, 3.8) is 0 Å². The van der Waals surface area contributed by atoms with Gasteiger partial charge in [-0.15, -0.1) is 24.8 Å². The Morgan fingerprint density at radius 3 is 2.45 bits per heavy atom. The molecule has 0 bridgehead atoms. The number of pyridine rings is 1. The van der Waals surface area contributed by atoms with Crippen LogP contribution in [0.4, 0.5) is 0 Å². The molecule has 0 saturated carbocycles. The highest BCUT2D eigenvalue weighted by molar-refractivity contribution is 9.10. The molecule has 0 aliphatic rings. The van der Waals surface area contributed by atoms with E-state index < -0.39 is 0 Å². The molecule has 5 heteroatoms. The zero-order valence-corrected chi connectivity index (χ0v) is 8.88. The van der Waals surface area contributed by atoms with E-state index in [1.807, 2.05) is 12.1 Å². The second-order valence-corrected chi connectivity index (χ2v) is 2.50. The Bertz CT molecular complexity index is 208. The highest BCUT2D eigenvalue weighted by Crippen LogP contribution is 2.06. The quantitative estimate of drug-likeness (QED) is 0.785. The average Bonchev–Trinajstić information content (AvgIpc) is 1.88. The van der Waals surface area contributed by atoms with Gasteiger partial charge in [-0.05, 0) is 33.6 Å². The summed E-state index contributed by atoms with van der Waals surface area (Å²) in [4.78, 5) is 3.95. The van der Waals surface area contributed by atoms with Gasteiger partial charge in [-0.1, -0.05) is 0 Å². The van der Waals surface area contributed by atoms with E-state index in [0.29, 0.717) is 6.54 Å². The molecule has 1 rings (SSSR count). The van der Waals surface area contributed by atoms with Crippen molar-refractivity contribution < 1.29 is 0 Å². The van der Waals surface area contributed by atoms with E-state index >= 15 is 0 Å². The third-order valence-electron chi connectivity index (χ3n) is 1.03. The summed E-state index contributed by atoms with van der Waals surface area (Å²) >= 11 is 3.24. The van der Waals surface area contributed by atoms with E-state index in [0.717, 1.165) is 10.2 Å². The van der Waals surface area contributed by atoms with Crippen molar-refractivity contribution in [2.45, 2.75) is 6.54 Å². The molecular formula is C6H9BrCl2N2. The topological polar surface area (TPSA) is 38.9 Å². The Hall–Kier alpha value is 0.170. The standard InChI is InChI=1S/C6H7BrN2.2ClH/c7-6-3-5(4-8)1-2-9-6;;/h1-3H,4,8H2;2*1H. The van der Waals surface area contributed by atoms with E-state index in [4.69, 9.17) is 5.73 Å². The molecule has 0 spiro atoms. The molecule has 0 aromatic carbocycles. The number of rotatable bonds is 1. The smallest absolute Gasteiger partial charge is 0.106 e. The van der Waals surface area contributed by atoms with E-state index in [-0.39, 0.29) is 24.8 Å². The number of halogens is 3. The lowest BCUT2D eigenvalue weighted by Crippen LogP contribution is -1.95. The van der Waals surface area contributed by atoms with Gasteiger partial charge in [0.15, 0.2) is 0 Å². The van der Waals surface area contributed by atoms with Gasteiger partial charge in [0.1, 0.15) is 4.60 Å². The van der Waals surface area contributed by atoms with Crippen molar-refractivity contribution in [1.29, 1.82) is 0 Å². The third-order valence-corrected chi connectivity index (χ3v) is 1.46. The van der Waals surface area contributed by atoms with Crippen molar-refractivity contribution in [3.05, 3.63) is 28.5 Å². The summed E-state index contributed by atoms with van der Waals surface area (Å²) < 4.78 is 0.838. The summed E-state index contributed by atoms with van der Waals surface area (Å²) in [5, 5.41) is 0. The summed E-state index contributed by atoms with van der Waals surface area (Å²) in [5.74, 6) is 0. The normalized spacial score (nSPS) is 7.82. The Morgan fingerprint density at radius 2 is 2.09 bits per heavy atom. The molecule has 0 aliphatic carbocycles. The molecule has 0 radical (unpaired) electrons. The van der Waals surface area contributed by atoms with Crippen LogP contribution in [0.3, 0.4) is 0 Å². The SMILES string of the molecule is Cl.Cl.NCc1ccnc(Br)c1. The fourth-order valence-corrected chi connectivity index (χ4v) is 0.982. The van der Waals surface area contributed by atoms with Crippen molar-refractivity contribution in [2.24, 2.45) is 5.73 Å². The molecule has 2 N–H and O–H groups in total. The second kappa shape index (κ2) is 6.85. The van der Waals surface area contributed by atoms with Crippen molar-refractivity contribution in [1.82, 2.24) is 4.98 Å². The first-order chi connectivity index (χ1) is 4.33. The largest absolute Gasteiger partial charge is 0.326 e. The lowest BCUT2D eigenvalue weighted by atomic mass is 10.3. The van der Waals surface area contributed by atoms with Crippen LogP contribution in [-0.2, 0) is 6.54 Å². The molecule has 1 aromatic heterocycles. The Balaban J connectivity index is 0. The maximum absolute atomic E-state index is 5.37. The molecule has 2 nitrogen and oxygen atoms in total. The summed E-state index contributed by atoms with van der Waals surface area (Å²) in [6.45, 7) is 0.571. The van der Waals surface area contributed by atoms with Crippen LogP contribution in [0.2, 0.25) is 0 Å². The zero-order valence-electron chi connectivity index (χ0n) is 5.66. The Kier molecular flexibility index (Phi) is 8.56. The van der Waals surface area contributed by atoms with Crippen molar-refractivity contribution in [3.8, 4) is 0 Å². The molecule has 64 valence electrons. The highest BCUT2D eigenvalue weighted by Gasteiger charge is 1.88. The van der Waals surface area contributed by atoms with Crippen molar-refractivity contribution in [2.75, 3.05) is 0 Å². The second-order valence-electron chi connectivity index (χ2n) is 1.69. The van der Waals surface area contributed by atoms with Gasteiger partial charge in [0, 0.05) is 12.7 Å². The average molecular weight is 260 g/mol. The van der Waals surface area contributed by atoms with Crippen molar-refractivity contribution >= 4 is 40.7 Å². The fraction of sp³-hybridized carbons (Fsp3) is 0.167. The van der Waals surface area contributed by atoms with Gasteiger partial charge in [0.2, 0.25) is 0 Å². The van der Waals surface area contributed by atoms with Gasteiger partial charge in [-0.2, -0.15) is 0 Å². The summed E-state index contributed by atoms with van der Waals surface area (Å²) in [6.07, 6.45) is 1.73. The molecule has 11 heavy (non-hydrogen) atoms. The molecule has 0 saturated heterocycles. The lowest BCUT2D eigenvalue weighted by molar-refractivity contribution is 1.05. The zero-order chi connectivity index (χ0) is 6.69.